The van der Waals surface area contributed by atoms with Crippen LogP contribution in [0.2, 0.25) is 0 Å². The largest absolute Gasteiger partial charge is 0.381 e. The number of hydrogen-bond donors (Lipinski definition) is 1. The molecule has 1 aliphatic carbocycles. The van der Waals surface area contributed by atoms with E-state index in [1.807, 2.05) is 11.8 Å². The van der Waals surface area contributed by atoms with Crippen molar-refractivity contribution in [3.05, 3.63) is 0 Å². The zero-order valence-corrected chi connectivity index (χ0v) is 12.5. The second kappa shape index (κ2) is 7.39. The predicted octanol–water partition coefficient (Wildman–Crippen LogP) is 2.91. The highest BCUT2D eigenvalue weighted by molar-refractivity contribution is 8.14. The van der Waals surface area contributed by atoms with Gasteiger partial charge >= 0.3 is 0 Å². The molecule has 1 aliphatic heterocycles. The van der Waals surface area contributed by atoms with Crippen LogP contribution in [0.3, 0.4) is 0 Å². The second-order valence-corrected chi connectivity index (χ2v) is 7.10. The minimum atomic E-state index is 0.693. The molecule has 0 amide bonds. The minimum Gasteiger partial charge on any atom is -0.381 e. The van der Waals surface area contributed by atoms with Crippen LogP contribution in [0.4, 0.5) is 0 Å². The number of hydrogen-bond acceptors (Lipinski definition) is 4. The van der Waals surface area contributed by atoms with E-state index in [4.69, 9.17) is 4.74 Å². The number of amidine groups is 1. The fraction of sp³-hybridized carbons (Fsp3) is 0.929. The van der Waals surface area contributed by atoms with Crippen LogP contribution in [-0.2, 0) is 4.74 Å². The molecule has 0 aromatic rings. The third-order valence-electron chi connectivity index (χ3n) is 3.24. The first kappa shape index (κ1) is 14.2. The smallest absolute Gasteiger partial charge is 0.156 e. The van der Waals surface area contributed by atoms with Crippen molar-refractivity contribution >= 4 is 16.9 Å². The molecule has 4 heteroatoms. The number of ether oxygens (including phenoxy) is 1. The lowest BCUT2D eigenvalue weighted by Crippen LogP contribution is -2.22. The molecular weight excluding hydrogens is 244 g/mol. The lowest BCUT2D eigenvalue weighted by molar-refractivity contribution is 0.123. The molecule has 1 fully saturated rings. The summed E-state index contributed by atoms with van der Waals surface area (Å²) >= 11 is 1.92. The zero-order chi connectivity index (χ0) is 12.8. The van der Waals surface area contributed by atoms with Crippen molar-refractivity contribution in [3.63, 3.8) is 0 Å². The normalized spacial score (nSPS) is 23.5. The molecule has 2 aliphatic rings. The summed E-state index contributed by atoms with van der Waals surface area (Å²) in [5, 5.41) is 5.26. The van der Waals surface area contributed by atoms with E-state index in [0.717, 1.165) is 49.7 Å². The lowest BCUT2D eigenvalue weighted by atomic mass is 10.1. The third-order valence-corrected chi connectivity index (χ3v) is 4.41. The van der Waals surface area contributed by atoms with E-state index in [-0.39, 0.29) is 0 Å². The molecule has 2 rings (SSSR count). The Morgan fingerprint density at radius 3 is 3.00 bits per heavy atom. The Morgan fingerprint density at radius 1 is 1.44 bits per heavy atom. The third kappa shape index (κ3) is 5.61. The van der Waals surface area contributed by atoms with Gasteiger partial charge in [0.25, 0.3) is 0 Å². The van der Waals surface area contributed by atoms with E-state index >= 15 is 0 Å². The van der Waals surface area contributed by atoms with Crippen LogP contribution in [0.1, 0.15) is 39.5 Å². The molecule has 0 aromatic heterocycles. The van der Waals surface area contributed by atoms with E-state index < -0.39 is 0 Å². The van der Waals surface area contributed by atoms with Crippen molar-refractivity contribution in [3.8, 4) is 0 Å². The van der Waals surface area contributed by atoms with Crippen LogP contribution in [0.5, 0.6) is 0 Å². The van der Waals surface area contributed by atoms with Crippen molar-refractivity contribution in [1.29, 1.82) is 0 Å². The number of rotatable bonds is 8. The van der Waals surface area contributed by atoms with Gasteiger partial charge in [0.15, 0.2) is 5.17 Å². The van der Waals surface area contributed by atoms with E-state index in [0.29, 0.717) is 5.25 Å². The summed E-state index contributed by atoms with van der Waals surface area (Å²) in [5.41, 5.74) is 0. The maximum atomic E-state index is 5.61. The quantitative estimate of drug-likeness (QED) is 0.689. The van der Waals surface area contributed by atoms with Gasteiger partial charge < -0.3 is 10.1 Å². The van der Waals surface area contributed by atoms with Crippen LogP contribution in [0, 0.1) is 11.8 Å². The van der Waals surface area contributed by atoms with Gasteiger partial charge in [0.1, 0.15) is 0 Å². The average molecular weight is 270 g/mol. The van der Waals surface area contributed by atoms with Crippen molar-refractivity contribution in [1.82, 2.24) is 5.32 Å². The van der Waals surface area contributed by atoms with Crippen LogP contribution in [-0.4, -0.2) is 36.7 Å². The first-order chi connectivity index (χ1) is 8.74. The number of aliphatic imine (C=N–C) groups is 1. The molecule has 1 N–H and O–H groups in total. The van der Waals surface area contributed by atoms with Gasteiger partial charge in [0, 0.05) is 25.0 Å². The second-order valence-electron chi connectivity index (χ2n) is 5.81. The summed E-state index contributed by atoms with van der Waals surface area (Å²) in [6.45, 7) is 8.41. The molecule has 0 spiro atoms. The molecule has 0 aromatic carbocycles. The predicted molar refractivity (Wildman–Crippen MR) is 79.3 cm³/mol. The highest BCUT2D eigenvalue weighted by atomic mass is 32.2. The van der Waals surface area contributed by atoms with E-state index in [9.17, 15) is 0 Å². The fourth-order valence-electron chi connectivity index (χ4n) is 2.07. The van der Waals surface area contributed by atoms with Gasteiger partial charge in [0.05, 0.1) is 6.54 Å². The summed E-state index contributed by atoms with van der Waals surface area (Å²) in [5.74, 6) is 1.65. The standard InChI is InChI=1S/C14H26N2OS/c1-11(2)8-13-9-16-14(18-13)15-6-3-7-17-10-12-4-5-12/h11-13H,3-10H2,1-2H3,(H,15,16). The first-order valence-corrected chi connectivity index (χ1v) is 8.14. The molecule has 1 heterocycles. The summed E-state index contributed by atoms with van der Waals surface area (Å²) < 4.78 is 5.61. The Labute approximate surface area is 115 Å². The first-order valence-electron chi connectivity index (χ1n) is 7.26. The van der Waals surface area contributed by atoms with Gasteiger partial charge in [-0.15, -0.1) is 0 Å². The molecule has 1 unspecified atom stereocenters. The Bertz CT molecular complexity index is 277. The Balaban J connectivity index is 1.44. The molecular formula is C14H26N2OS. The Kier molecular flexibility index (Phi) is 5.83. The molecule has 104 valence electrons. The minimum absolute atomic E-state index is 0.693. The van der Waals surface area contributed by atoms with Gasteiger partial charge in [0.2, 0.25) is 0 Å². The van der Waals surface area contributed by atoms with E-state index in [1.54, 1.807) is 0 Å². The van der Waals surface area contributed by atoms with Gasteiger partial charge in [-0.2, -0.15) is 0 Å². The molecule has 0 saturated heterocycles. The molecule has 18 heavy (non-hydrogen) atoms. The number of thioether (sulfide) groups is 1. The van der Waals surface area contributed by atoms with Crippen LogP contribution in [0.15, 0.2) is 4.99 Å². The van der Waals surface area contributed by atoms with E-state index in [2.05, 4.69) is 24.2 Å². The van der Waals surface area contributed by atoms with E-state index in [1.165, 1.54) is 19.3 Å². The fourth-order valence-corrected chi connectivity index (χ4v) is 3.35. The van der Waals surface area contributed by atoms with Gasteiger partial charge in [-0.25, -0.2) is 0 Å². The Morgan fingerprint density at radius 2 is 2.28 bits per heavy atom. The molecule has 0 bridgehead atoms. The average Bonchev–Trinajstić information content (AvgIpc) is 3.04. The monoisotopic (exact) mass is 270 g/mol. The van der Waals surface area contributed by atoms with Crippen molar-refractivity contribution < 1.29 is 4.74 Å². The number of nitrogens with zero attached hydrogens (tertiary/aromatic N) is 1. The highest BCUT2D eigenvalue weighted by Gasteiger charge is 2.21. The van der Waals surface area contributed by atoms with Crippen LogP contribution >= 0.6 is 11.8 Å². The van der Waals surface area contributed by atoms with Crippen molar-refractivity contribution in [2.45, 2.75) is 44.8 Å². The molecule has 1 atom stereocenters. The molecule has 1 saturated carbocycles. The topological polar surface area (TPSA) is 33.6 Å². The Hall–Kier alpha value is -0.220. The lowest BCUT2D eigenvalue weighted by Gasteiger charge is -2.11. The zero-order valence-electron chi connectivity index (χ0n) is 11.7. The van der Waals surface area contributed by atoms with Crippen LogP contribution in [0.25, 0.3) is 0 Å². The maximum Gasteiger partial charge on any atom is 0.156 e. The SMILES string of the molecule is CC(C)CC1CN=C(NCCCOCC2CC2)S1. The van der Waals surface area contributed by atoms with Crippen molar-refractivity contribution in [2.75, 3.05) is 26.3 Å². The van der Waals surface area contributed by atoms with Gasteiger partial charge in [-0.05, 0) is 37.5 Å². The highest BCUT2D eigenvalue weighted by Crippen LogP contribution is 2.28. The summed E-state index contributed by atoms with van der Waals surface area (Å²) in [4.78, 5) is 4.55. The van der Waals surface area contributed by atoms with Crippen molar-refractivity contribution in [2.24, 2.45) is 16.8 Å². The molecule has 3 nitrogen and oxygen atoms in total. The molecule has 0 radical (unpaired) electrons. The van der Waals surface area contributed by atoms with Gasteiger partial charge in [-0.3, -0.25) is 4.99 Å². The maximum absolute atomic E-state index is 5.61. The summed E-state index contributed by atoms with van der Waals surface area (Å²) in [7, 11) is 0. The summed E-state index contributed by atoms with van der Waals surface area (Å²) in [6.07, 6.45) is 5.11. The number of nitrogens with one attached hydrogen (secondary N) is 1. The van der Waals surface area contributed by atoms with Gasteiger partial charge in [-0.1, -0.05) is 25.6 Å². The summed E-state index contributed by atoms with van der Waals surface area (Å²) in [6, 6.07) is 0. The van der Waals surface area contributed by atoms with Crippen LogP contribution < -0.4 is 5.32 Å².